The summed E-state index contributed by atoms with van der Waals surface area (Å²) in [5, 5.41) is 6.17. The van der Waals surface area contributed by atoms with Gasteiger partial charge < -0.3 is 20.1 Å². The zero-order valence-corrected chi connectivity index (χ0v) is 11.1. The summed E-state index contributed by atoms with van der Waals surface area (Å²) >= 11 is 0. The lowest BCUT2D eigenvalue weighted by Gasteiger charge is -2.27. The summed E-state index contributed by atoms with van der Waals surface area (Å²) in [6.07, 6.45) is 5.33. The molecule has 1 aliphatic heterocycles. The molecule has 0 atom stereocenters. The second-order valence-electron chi connectivity index (χ2n) is 4.69. The van der Waals surface area contributed by atoms with Gasteiger partial charge in [0.1, 0.15) is 0 Å². The number of rotatable bonds is 2. The first-order chi connectivity index (χ1) is 9.83. The van der Waals surface area contributed by atoms with Crippen LogP contribution in [-0.4, -0.2) is 46.7 Å². The van der Waals surface area contributed by atoms with Crippen molar-refractivity contribution in [1.29, 1.82) is 0 Å². The van der Waals surface area contributed by atoms with Gasteiger partial charge in [0, 0.05) is 49.9 Å². The van der Waals surface area contributed by atoms with Crippen molar-refractivity contribution < 1.29 is 4.79 Å². The van der Waals surface area contributed by atoms with E-state index in [1.807, 2.05) is 39.9 Å². The minimum atomic E-state index is -0.0470. The molecule has 0 unspecified atom stereocenters. The van der Waals surface area contributed by atoms with Gasteiger partial charge in [0.15, 0.2) is 0 Å². The molecule has 0 radical (unpaired) electrons. The standard InChI is InChI=1S/C14H17N5O/c20-14(18-7-4-15-5-8-18)17-12-2-1-3-13(10-12)19-9-6-16-11-19/h1-3,6,9-11,15H,4-5,7-8H2,(H,17,20). The average molecular weight is 271 g/mol. The molecule has 1 fully saturated rings. The van der Waals surface area contributed by atoms with Gasteiger partial charge in [-0.05, 0) is 18.2 Å². The van der Waals surface area contributed by atoms with Crippen LogP contribution in [0, 0.1) is 0 Å². The second-order valence-corrected chi connectivity index (χ2v) is 4.69. The fourth-order valence-electron chi connectivity index (χ4n) is 2.23. The molecule has 3 rings (SSSR count). The molecule has 1 aliphatic rings. The van der Waals surface area contributed by atoms with Crippen LogP contribution in [0.25, 0.3) is 5.69 Å². The minimum absolute atomic E-state index is 0.0470. The van der Waals surface area contributed by atoms with E-state index in [2.05, 4.69) is 15.6 Å². The van der Waals surface area contributed by atoms with Crippen molar-refractivity contribution in [2.75, 3.05) is 31.5 Å². The quantitative estimate of drug-likeness (QED) is 0.865. The van der Waals surface area contributed by atoms with Gasteiger partial charge in [-0.2, -0.15) is 0 Å². The highest BCUT2D eigenvalue weighted by molar-refractivity contribution is 5.89. The van der Waals surface area contributed by atoms with Gasteiger partial charge in [-0.15, -0.1) is 0 Å². The first-order valence-corrected chi connectivity index (χ1v) is 6.68. The van der Waals surface area contributed by atoms with Crippen LogP contribution in [0.3, 0.4) is 0 Å². The number of hydrogen-bond acceptors (Lipinski definition) is 3. The fourth-order valence-corrected chi connectivity index (χ4v) is 2.23. The molecule has 2 N–H and O–H groups in total. The Kier molecular flexibility index (Phi) is 3.64. The smallest absolute Gasteiger partial charge is 0.321 e. The third-order valence-corrected chi connectivity index (χ3v) is 3.30. The molecule has 0 aliphatic carbocycles. The molecule has 2 heterocycles. The van der Waals surface area contributed by atoms with Crippen molar-refractivity contribution in [1.82, 2.24) is 19.8 Å². The Morgan fingerprint density at radius 1 is 1.30 bits per heavy atom. The molecule has 1 saturated heterocycles. The summed E-state index contributed by atoms with van der Waals surface area (Å²) in [5.41, 5.74) is 1.76. The number of piperazine rings is 1. The molecular formula is C14H17N5O. The topological polar surface area (TPSA) is 62.2 Å². The summed E-state index contributed by atoms with van der Waals surface area (Å²) in [7, 11) is 0. The van der Waals surface area contributed by atoms with E-state index < -0.39 is 0 Å². The van der Waals surface area contributed by atoms with Crippen LogP contribution in [0.1, 0.15) is 0 Å². The van der Waals surface area contributed by atoms with E-state index in [1.165, 1.54) is 0 Å². The Balaban J connectivity index is 1.71. The third-order valence-electron chi connectivity index (χ3n) is 3.30. The molecule has 1 aromatic heterocycles. The normalized spacial score (nSPS) is 15.1. The molecule has 1 aromatic carbocycles. The number of nitrogens with zero attached hydrogens (tertiary/aromatic N) is 3. The Hall–Kier alpha value is -2.34. The highest BCUT2D eigenvalue weighted by atomic mass is 16.2. The number of benzene rings is 1. The monoisotopic (exact) mass is 271 g/mol. The summed E-state index contributed by atoms with van der Waals surface area (Å²) in [4.78, 5) is 18.0. The Bertz CT molecular complexity index is 575. The van der Waals surface area contributed by atoms with Gasteiger partial charge in [0.2, 0.25) is 0 Å². The van der Waals surface area contributed by atoms with E-state index in [0.29, 0.717) is 0 Å². The molecular weight excluding hydrogens is 254 g/mol. The number of hydrogen-bond donors (Lipinski definition) is 2. The maximum absolute atomic E-state index is 12.1. The minimum Gasteiger partial charge on any atom is -0.322 e. The van der Waals surface area contributed by atoms with Gasteiger partial charge >= 0.3 is 6.03 Å². The summed E-state index contributed by atoms with van der Waals surface area (Å²) in [5.74, 6) is 0. The number of carbonyl (C=O) groups excluding carboxylic acids is 1. The molecule has 0 bridgehead atoms. The van der Waals surface area contributed by atoms with Crippen molar-refractivity contribution in [2.24, 2.45) is 0 Å². The molecule has 6 heteroatoms. The summed E-state index contributed by atoms with van der Waals surface area (Å²) < 4.78 is 1.90. The molecule has 2 aromatic rings. The molecule has 6 nitrogen and oxygen atoms in total. The Morgan fingerprint density at radius 3 is 2.90 bits per heavy atom. The van der Waals surface area contributed by atoms with Crippen molar-refractivity contribution >= 4 is 11.7 Å². The number of aromatic nitrogens is 2. The van der Waals surface area contributed by atoms with Gasteiger partial charge in [-0.25, -0.2) is 9.78 Å². The van der Waals surface area contributed by atoms with Crippen molar-refractivity contribution in [3.63, 3.8) is 0 Å². The number of urea groups is 1. The lowest BCUT2D eigenvalue weighted by Crippen LogP contribution is -2.48. The van der Waals surface area contributed by atoms with Gasteiger partial charge in [0.25, 0.3) is 0 Å². The SMILES string of the molecule is O=C(Nc1cccc(-n2ccnc2)c1)N1CCNCC1. The average Bonchev–Trinajstić information content (AvgIpc) is 3.03. The van der Waals surface area contributed by atoms with E-state index in [4.69, 9.17) is 0 Å². The predicted octanol–water partition coefficient (Wildman–Crippen LogP) is 1.31. The van der Waals surface area contributed by atoms with E-state index in [-0.39, 0.29) is 6.03 Å². The van der Waals surface area contributed by atoms with Crippen LogP contribution in [0.4, 0.5) is 10.5 Å². The lowest BCUT2D eigenvalue weighted by atomic mass is 10.2. The predicted molar refractivity (Wildman–Crippen MR) is 77.0 cm³/mol. The van der Waals surface area contributed by atoms with Crippen LogP contribution in [0.5, 0.6) is 0 Å². The second kappa shape index (κ2) is 5.75. The zero-order chi connectivity index (χ0) is 13.8. The van der Waals surface area contributed by atoms with Crippen LogP contribution in [0.15, 0.2) is 43.0 Å². The van der Waals surface area contributed by atoms with Gasteiger partial charge in [-0.3, -0.25) is 0 Å². The number of nitrogens with one attached hydrogen (secondary N) is 2. The maximum Gasteiger partial charge on any atom is 0.321 e. The van der Waals surface area contributed by atoms with E-state index in [0.717, 1.165) is 37.6 Å². The number of amides is 2. The van der Waals surface area contributed by atoms with Crippen LogP contribution >= 0.6 is 0 Å². The van der Waals surface area contributed by atoms with Crippen molar-refractivity contribution in [3.8, 4) is 5.69 Å². The largest absolute Gasteiger partial charge is 0.322 e. The first kappa shape index (κ1) is 12.7. The maximum atomic E-state index is 12.1. The fraction of sp³-hybridized carbons (Fsp3) is 0.286. The third kappa shape index (κ3) is 2.80. The molecule has 104 valence electrons. The zero-order valence-electron chi connectivity index (χ0n) is 11.1. The van der Waals surface area contributed by atoms with Crippen LogP contribution < -0.4 is 10.6 Å². The summed E-state index contributed by atoms with van der Waals surface area (Å²) in [6, 6.07) is 7.67. The number of anilines is 1. The van der Waals surface area contributed by atoms with E-state index >= 15 is 0 Å². The van der Waals surface area contributed by atoms with Crippen LogP contribution in [0.2, 0.25) is 0 Å². The van der Waals surface area contributed by atoms with Crippen molar-refractivity contribution in [2.45, 2.75) is 0 Å². The molecule has 2 amide bonds. The number of imidazole rings is 1. The Labute approximate surface area is 117 Å². The Morgan fingerprint density at radius 2 is 2.15 bits per heavy atom. The lowest BCUT2D eigenvalue weighted by molar-refractivity contribution is 0.204. The first-order valence-electron chi connectivity index (χ1n) is 6.68. The van der Waals surface area contributed by atoms with Crippen LogP contribution in [-0.2, 0) is 0 Å². The highest BCUT2D eigenvalue weighted by Gasteiger charge is 2.15. The van der Waals surface area contributed by atoms with E-state index in [9.17, 15) is 4.79 Å². The van der Waals surface area contributed by atoms with E-state index in [1.54, 1.807) is 12.5 Å². The van der Waals surface area contributed by atoms with Crippen molar-refractivity contribution in [3.05, 3.63) is 43.0 Å². The van der Waals surface area contributed by atoms with Gasteiger partial charge in [0.05, 0.1) is 6.33 Å². The highest BCUT2D eigenvalue weighted by Crippen LogP contribution is 2.15. The molecule has 20 heavy (non-hydrogen) atoms. The van der Waals surface area contributed by atoms with Gasteiger partial charge in [-0.1, -0.05) is 6.07 Å². The summed E-state index contributed by atoms with van der Waals surface area (Å²) in [6.45, 7) is 3.19. The number of carbonyl (C=O) groups is 1. The molecule has 0 spiro atoms. The molecule has 0 saturated carbocycles.